The van der Waals surface area contributed by atoms with Gasteiger partial charge < -0.3 is 5.32 Å². The fourth-order valence-corrected chi connectivity index (χ4v) is 2.71. The zero-order chi connectivity index (χ0) is 13.0. The number of aryl methyl sites for hydroxylation is 1. The molecule has 3 heteroatoms. The number of rotatable bonds is 3. The highest BCUT2D eigenvalue weighted by molar-refractivity contribution is 5.45. The van der Waals surface area contributed by atoms with E-state index in [0.717, 1.165) is 23.9 Å². The molecule has 0 saturated heterocycles. The van der Waals surface area contributed by atoms with Crippen molar-refractivity contribution in [1.82, 2.24) is 9.97 Å². The van der Waals surface area contributed by atoms with E-state index in [1.807, 2.05) is 0 Å². The van der Waals surface area contributed by atoms with Gasteiger partial charge in [0, 0.05) is 23.7 Å². The van der Waals surface area contributed by atoms with Crippen LogP contribution in [0.25, 0.3) is 0 Å². The zero-order valence-electron chi connectivity index (χ0n) is 11.9. The van der Waals surface area contributed by atoms with Gasteiger partial charge in [0.2, 0.25) is 0 Å². The van der Waals surface area contributed by atoms with Crippen LogP contribution in [0.2, 0.25) is 0 Å². The van der Waals surface area contributed by atoms with E-state index in [9.17, 15) is 0 Å². The van der Waals surface area contributed by atoms with E-state index in [1.165, 1.54) is 44.1 Å². The van der Waals surface area contributed by atoms with Gasteiger partial charge in [-0.3, -0.25) is 0 Å². The molecule has 2 rings (SSSR count). The van der Waals surface area contributed by atoms with Crippen molar-refractivity contribution < 1.29 is 0 Å². The van der Waals surface area contributed by atoms with Crippen LogP contribution >= 0.6 is 0 Å². The van der Waals surface area contributed by atoms with E-state index in [-0.39, 0.29) is 0 Å². The van der Waals surface area contributed by atoms with Crippen LogP contribution in [0, 0.1) is 13.8 Å². The quantitative estimate of drug-likeness (QED) is 0.821. The van der Waals surface area contributed by atoms with E-state index < -0.39 is 0 Å². The molecule has 1 aliphatic carbocycles. The second-order valence-corrected chi connectivity index (χ2v) is 5.36. The van der Waals surface area contributed by atoms with Gasteiger partial charge in [-0.05, 0) is 33.6 Å². The average molecular weight is 247 g/mol. The molecule has 0 aromatic carbocycles. The van der Waals surface area contributed by atoms with Gasteiger partial charge in [0.1, 0.15) is 11.6 Å². The summed E-state index contributed by atoms with van der Waals surface area (Å²) >= 11 is 0. The van der Waals surface area contributed by atoms with Crippen LogP contribution in [0.4, 0.5) is 5.82 Å². The number of nitrogens with zero attached hydrogens (tertiary/aromatic N) is 2. The van der Waals surface area contributed by atoms with E-state index >= 15 is 0 Å². The van der Waals surface area contributed by atoms with Crippen molar-refractivity contribution in [3.63, 3.8) is 0 Å². The molecule has 0 amide bonds. The Labute approximate surface area is 110 Å². The molecule has 0 atom stereocenters. The molecular formula is C15H25N3. The Hall–Kier alpha value is -1.12. The molecule has 100 valence electrons. The molecule has 0 radical (unpaired) electrons. The predicted molar refractivity (Wildman–Crippen MR) is 76.1 cm³/mol. The summed E-state index contributed by atoms with van der Waals surface area (Å²) in [5.74, 6) is 2.67. The maximum atomic E-state index is 4.77. The van der Waals surface area contributed by atoms with Gasteiger partial charge in [0.15, 0.2) is 0 Å². The van der Waals surface area contributed by atoms with Gasteiger partial charge >= 0.3 is 0 Å². The lowest BCUT2D eigenvalue weighted by atomic mass is 9.99. The lowest BCUT2D eigenvalue weighted by Gasteiger charge is -2.16. The molecule has 1 aromatic rings. The first-order valence-corrected chi connectivity index (χ1v) is 7.31. The summed E-state index contributed by atoms with van der Waals surface area (Å²) in [6.07, 6.45) is 7.93. The van der Waals surface area contributed by atoms with Gasteiger partial charge in [-0.2, -0.15) is 0 Å². The fraction of sp³-hybridized carbons (Fsp3) is 0.733. The first kappa shape index (κ1) is 13.3. The van der Waals surface area contributed by atoms with E-state index in [0.29, 0.717) is 5.92 Å². The second kappa shape index (κ2) is 6.17. The largest absolute Gasteiger partial charge is 0.370 e. The third kappa shape index (κ3) is 3.01. The van der Waals surface area contributed by atoms with E-state index in [4.69, 9.17) is 9.97 Å². The van der Waals surface area contributed by atoms with Gasteiger partial charge in [-0.1, -0.05) is 25.7 Å². The third-order valence-corrected chi connectivity index (χ3v) is 3.97. The summed E-state index contributed by atoms with van der Waals surface area (Å²) in [7, 11) is 0. The van der Waals surface area contributed by atoms with Crippen LogP contribution < -0.4 is 5.32 Å². The van der Waals surface area contributed by atoms with Crippen molar-refractivity contribution in [1.29, 1.82) is 0 Å². The average Bonchev–Trinajstić information content (AvgIpc) is 2.63. The second-order valence-electron chi connectivity index (χ2n) is 5.36. The van der Waals surface area contributed by atoms with Crippen LogP contribution in [-0.2, 0) is 0 Å². The lowest BCUT2D eigenvalue weighted by molar-refractivity contribution is 0.558. The van der Waals surface area contributed by atoms with Gasteiger partial charge in [0.25, 0.3) is 0 Å². The minimum Gasteiger partial charge on any atom is -0.370 e. The Bertz CT molecular complexity index is 393. The summed E-state index contributed by atoms with van der Waals surface area (Å²) in [5, 5.41) is 3.36. The molecule has 1 saturated carbocycles. The van der Waals surface area contributed by atoms with E-state index in [1.54, 1.807) is 0 Å². The highest BCUT2D eigenvalue weighted by Gasteiger charge is 2.19. The topological polar surface area (TPSA) is 37.8 Å². The highest BCUT2D eigenvalue weighted by atomic mass is 15.0. The molecule has 1 aliphatic rings. The molecule has 0 spiro atoms. The number of hydrogen-bond donors (Lipinski definition) is 1. The molecule has 0 unspecified atom stereocenters. The lowest BCUT2D eigenvalue weighted by Crippen LogP contribution is -2.11. The van der Waals surface area contributed by atoms with Crippen molar-refractivity contribution in [3.8, 4) is 0 Å². The smallest absolute Gasteiger partial charge is 0.134 e. The minimum atomic E-state index is 0.573. The first-order valence-electron chi connectivity index (χ1n) is 7.31. The Balaban J connectivity index is 2.26. The predicted octanol–water partition coefficient (Wildman–Crippen LogP) is 3.96. The SMILES string of the molecule is CCNc1nc(C2CCCCCC2)nc(C)c1C. The van der Waals surface area contributed by atoms with Crippen LogP contribution in [0.1, 0.15) is 68.4 Å². The third-order valence-electron chi connectivity index (χ3n) is 3.97. The number of nitrogens with one attached hydrogen (secondary N) is 1. The number of anilines is 1. The maximum Gasteiger partial charge on any atom is 0.134 e. The fourth-order valence-electron chi connectivity index (χ4n) is 2.71. The summed E-state index contributed by atoms with van der Waals surface area (Å²) in [5.41, 5.74) is 2.31. The van der Waals surface area contributed by atoms with Crippen LogP contribution in [0.5, 0.6) is 0 Å². The summed E-state index contributed by atoms with van der Waals surface area (Å²) < 4.78 is 0. The van der Waals surface area contributed by atoms with Crippen molar-refractivity contribution in [2.75, 3.05) is 11.9 Å². The molecule has 0 bridgehead atoms. The monoisotopic (exact) mass is 247 g/mol. The maximum absolute atomic E-state index is 4.77. The van der Waals surface area contributed by atoms with Crippen molar-refractivity contribution >= 4 is 5.82 Å². The van der Waals surface area contributed by atoms with Crippen molar-refractivity contribution in [3.05, 3.63) is 17.1 Å². The Morgan fingerprint density at radius 3 is 2.33 bits per heavy atom. The van der Waals surface area contributed by atoms with Crippen LogP contribution in [-0.4, -0.2) is 16.5 Å². The van der Waals surface area contributed by atoms with Gasteiger partial charge in [-0.15, -0.1) is 0 Å². The molecule has 1 N–H and O–H groups in total. The molecular weight excluding hydrogens is 222 g/mol. The molecule has 0 aliphatic heterocycles. The summed E-state index contributed by atoms with van der Waals surface area (Å²) in [6, 6.07) is 0. The summed E-state index contributed by atoms with van der Waals surface area (Å²) in [4.78, 5) is 9.50. The van der Waals surface area contributed by atoms with Crippen molar-refractivity contribution in [2.24, 2.45) is 0 Å². The Kier molecular flexibility index (Phi) is 4.56. The molecule has 1 heterocycles. The number of hydrogen-bond acceptors (Lipinski definition) is 3. The van der Waals surface area contributed by atoms with Crippen LogP contribution in [0.3, 0.4) is 0 Å². The van der Waals surface area contributed by atoms with E-state index in [2.05, 4.69) is 26.1 Å². The normalized spacial score (nSPS) is 17.5. The minimum absolute atomic E-state index is 0.573. The van der Waals surface area contributed by atoms with Crippen LogP contribution in [0.15, 0.2) is 0 Å². The van der Waals surface area contributed by atoms with Gasteiger partial charge in [0.05, 0.1) is 0 Å². The molecule has 1 fully saturated rings. The standard InChI is InChI=1S/C15H25N3/c1-4-16-14-11(2)12(3)17-15(18-14)13-9-7-5-6-8-10-13/h13H,4-10H2,1-3H3,(H,16,17,18). The summed E-state index contributed by atoms with van der Waals surface area (Å²) in [6.45, 7) is 7.23. The Morgan fingerprint density at radius 1 is 1.06 bits per heavy atom. The number of aromatic nitrogens is 2. The highest BCUT2D eigenvalue weighted by Crippen LogP contribution is 2.31. The van der Waals surface area contributed by atoms with Crippen molar-refractivity contribution in [2.45, 2.75) is 65.2 Å². The first-order chi connectivity index (χ1) is 8.72. The van der Waals surface area contributed by atoms with Gasteiger partial charge in [-0.25, -0.2) is 9.97 Å². The zero-order valence-corrected chi connectivity index (χ0v) is 11.9. The molecule has 18 heavy (non-hydrogen) atoms. The Morgan fingerprint density at radius 2 is 1.72 bits per heavy atom. The molecule has 1 aromatic heterocycles. The molecule has 3 nitrogen and oxygen atoms in total.